The number of rotatable bonds is 4. The van der Waals surface area contributed by atoms with Gasteiger partial charge in [-0.3, -0.25) is 9.78 Å². The second-order valence-electron chi connectivity index (χ2n) is 9.89. The summed E-state index contributed by atoms with van der Waals surface area (Å²) >= 11 is 6.37. The predicted octanol–water partition coefficient (Wildman–Crippen LogP) is 4.54. The summed E-state index contributed by atoms with van der Waals surface area (Å²) in [6.07, 6.45) is 8.39. The van der Waals surface area contributed by atoms with Crippen LogP contribution < -0.4 is 20.3 Å². The molecule has 1 aromatic carbocycles. The van der Waals surface area contributed by atoms with E-state index in [1.165, 1.54) is 5.56 Å². The summed E-state index contributed by atoms with van der Waals surface area (Å²) < 4.78 is 6.11. The maximum absolute atomic E-state index is 13.1. The first-order valence-electron chi connectivity index (χ1n) is 13.2. The van der Waals surface area contributed by atoms with E-state index < -0.39 is 0 Å². The van der Waals surface area contributed by atoms with Crippen molar-refractivity contribution in [1.82, 2.24) is 24.8 Å². The van der Waals surface area contributed by atoms with Gasteiger partial charge < -0.3 is 25.2 Å². The van der Waals surface area contributed by atoms with E-state index in [0.29, 0.717) is 42.0 Å². The maximum atomic E-state index is 13.1. The number of ether oxygens (including phenoxy) is 1. The molecule has 2 aliphatic rings. The average molecular weight is 557 g/mol. The van der Waals surface area contributed by atoms with Crippen LogP contribution in [-0.4, -0.2) is 63.5 Å². The SMILES string of the molecule is Cc1ccnc(N2CCN(C(=O)COc3ccc4cc3CCc3cncc(c3)Nc3ncc(Cl)c(n3)N4)CC2)c1. The molecule has 6 bridgehead atoms. The summed E-state index contributed by atoms with van der Waals surface area (Å²) in [6.45, 7) is 4.78. The summed E-state index contributed by atoms with van der Waals surface area (Å²) in [4.78, 5) is 34.8. The molecule has 5 heterocycles. The number of hydrogen-bond acceptors (Lipinski definition) is 9. The van der Waals surface area contributed by atoms with Crippen molar-refractivity contribution in [2.45, 2.75) is 19.8 Å². The van der Waals surface area contributed by atoms with E-state index in [2.05, 4.69) is 48.5 Å². The van der Waals surface area contributed by atoms with Crippen molar-refractivity contribution in [1.29, 1.82) is 0 Å². The van der Waals surface area contributed by atoms with Crippen molar-refractivity contribution in [3.8, 4) is 5.75 Å². The number of nitrogens with zero attached hydrogens (tertiary/aromatic N) is 6. The van der Waals surface area contributed by atoms with Crippen LogP contribution in [0, 0.1) is 6.92 Å². The zero-order valence-electron chi connectivity index (χ0n) is 22.1. The molecule has 40 heavy (non-hydrogen) atoms. The molecule has 0 unspecified atom stereocenters. The molecule has 0 saturated carbocycles. The number of aryl methyl sites for hydroxylation is 3. The molecule has 10 nitrogen and oxygen atoms in total. The van der Waals surface area contributed by atoms with Gasteiger partial charge in [-0.2, -0.15) is 4.98 Å². The molecule has 0 radical (unpaired) electrons. The van der Waals surface area contributed by atoms with Gasteiger partial charge in [0.05, 0.1) is 18.1 Å². The average Bonchev–Trinajstić information content (AvgIpc) is 2.97. The number of aromatic nitrogens is 4. The van der Waals surface area contributed by atoms with Crippen molar-refractivity contribution in [3.05, 3.63) is 82.9 Å². The summed E-state index contributed by atoms with van der Waals surface area (Å²) in [5.74, 6) is 2.50. The van der Waals surface area contributed by atoms with Gasteiger partial charge in [-0.05, 0) is 72.9 Å². The molecule has 2 aliphatic heterocycles. The van der Waals surface area contributed by atoms with Gasteiger partial charge in [-0.15, -0.1) is 0 Å². The Bertz CT molecular complexity index is 1540. The van der Waals surface area contributed by atoms with Crippen LogP contribution in [0.1, 0.15) is 16.7 Å². The van der Waals surface area contributed by atoms with Gasteiger partial charge in [0.25, 0.3) is 5.91 Å². The number of nitrogens with one attached hydrogen (secondary N) is 2. The highest BCUT2D eigenvalue weighted by molar-refractivity contribution is 6.32. The summed E-state index contributed by atoms with van der Waals surface area (Å²) in [5, 5.41) is 6.87. The number of hydrogen-bond donors (Lipinski definition) is 2. The number of carbonyl (C=O) groups is 1. The zero-order chi connectivity index (χ0) is 27.5. The van der Waals surface area contributed by atoms with Crippen molar-refractivity contribution < 1.29 is 9.53 Å². The second-order valence-corrected chi connectivity index (χ2v) is 10.3. The van der Waals surface area contributed by atoms with Crippen LogP contribution in [0.25, 0.3) is 0 Å². The Hall–Kier alpha value is -4.44. The standard InChI is InChI=1S/C29H29ClN8O2/c1-19-6-7-32-26(12-19)37-8-10-38(11-9-37)27(39)18-40-25-5-4-22-14-21(25)3-2-20-13-23(16-31-15-20)35-29-33-17-24(30)28(34-22)36-29/h4-7,12-17H,2-3,8-11,18H2,1H3,(H2,33,34,35,36). The normalized spacial score (nSPS) is 14.7. The number of carbonyl (C=O) groups excluding carboxylic acids is 1. The smallest absolute Gasteiger partial charge is 0.260 e. The van der Waals surface area contributed by atoms with Crippen LogP contribution in [0.3, 0.4) is 0 Å². The Morgan fingerprint density at radius 2 is 1.85 bits per heavy atom. The summed E-state index contributed by atoms with van der Waals surface area (Å²) in [7, 11) is 0. The molecule has 4 aromatic rings. The highest BCUT2D eigenvalue weighted by Gasteiger charge is 2.23. The lowest BCUT2D eigenvalue weighted by molar-refractivity contribution is -0.133. The van der Waals surface area contributed by atoms with Gasteiger partial charge in [0.2, 0.25) is 5.95 Å². The molecule has 2 N–H and O–H groups in total. The number of anilines is 5. The van der Waals surface area contributed by atoms with Crippen molar-refractivity contribution in [2.75, 3.05) is 48.3 Å². The van der Waals surface area contributed by atoms with Crippen LogP contribution in [0.4, 0.5) is 29.0 Å². The minimum atomic E-state index is -0.0285. The third-order valence-electron chi connectivity index (χ3n) is 7.01. The Labute approximate surface area is 237 Å². The summed E-state index contributed by atoms with van der Waals surface area (Å²) in [5.41, 5.74) is 4.80. The highest BCUT2D eigenvalue weighted by Crippen LogP contribution is 2.30. The largest absolute Gasteiger partial charge is 0.483 e. The number of pyridine rings is 2. The van der Waals surface area contributed by atoms with Crippen LogP contribution in [0.2, 0.25) is 5.02 Å². The Kier molecular flexibility index (Phi) is 7.33. The van der Waals surface area contributed by atoms with Gasteiger partial charge in [0.1, 0.15) is 16.6 Å². The third kappa shape index (κ3) is 5.91. The van der Waals surface area contributed by atoms with E-state index >= 15 is 0 Å². The first kappa shape index (κ1) is 25.8. The van der Waals surface area contributed by atoms with E-state index in [1.807, 2.05) is 47.6 Å². The molecule has 1 saturated heterocycles. The molecule has 3 aromatic heterocycles. The molecular weight excluding hydrogens is 528 g/mol. The molecule has 1 fully saturated rings. The van der Waals surface area contributed by atoms with Gasteiger partial charge >= 0.3 is 0 Å². The zero-order valence-corrected chi connectivity index (χ0v) is 22.9. The highest BCUT2D eigenvalue weighted by atomic mass is 35.5. The minimum absolute atomic E-state index is 0.0233. The quantitative estimate of drug-likeness (QED) is 0.374. The van der Waals surface area contributed by atoms with Gasteiger partial charge in [-0.25, -0.2) is 9.97 Å². The van der Waals surface area contributed by atoms with E-state index in [0.717, 1.165) is 47.8 Å². The van der Waals surface area contributed by atoms with E-state index in [9.17, 15) is 4.79 Å². The number of benzene rings is 1. The van der Waals surface area contributed by atoms with Crippen LogP contribution in [0.5, 0.6) is 5.75 Å². The molecule has 0 spiro atoms. The molecular formula is C29H29ClN8O2. The maximum Gasteiger partial charge on any atom is 0.260 e. The lowest BCUT2D eigenvalue weighted by Crippen LogP contribution is -2.50. The predicted molar refractivity (Wildman–Crippen MR) is 155 cm³/mol. The minimum Gasteiger partial charge on any atom is -0.483 e. The van der Waals surface area contributed by atoms with E-state index in [-0.39, 0.29) is 12.5 Å². The third-order valence-corrected chi connectivity index (χ3v) is 7.29. The van der Waals surface area contributed by atoms with E-state index in [4.69, 9.17) is 16.3 Å². The monoisotopic (exact) mass is 556 g/mol. The number of halogens is 1. The van der Waals surface area contributed by atoms with Crippen molar-refractivity contribution in [2.24, 2.45) is 0 Å². The van der Waals surface area contributed by atoms with Crippen LogP contribution >= 0.6 is 11.6 Å². The molecule has 0 atom stereocenters. The molecule has 204 valence electrons. The number of piperazine rings is 1. The molecule has 11 heteroatoms. The van der Waals surface area contributed by atoms with Crippen LogP contribution in [-0.2, 0) is 17.6 Å². The number of fused-ring (bicyclic) bond motifs is 6. The topological polar surface area (TPSA) is 108 Å². The Balaban J connectivity index is 1.16. The lowest BCUT2D eigenvalue weighted by Gasteiger charge is -2.35. The first-order chi connectivity index (χ1) is 19.5. The van der Waals surface area contributed by atoms with Crippen LogP contribution in [0.15, 0.2) is 61.2 Å². The molecule has 0 aliphatic carbocycles. The van der Waals surface area contributed by atoms with Crippen molar-refractivity contribution >= 4 is 46.5 Å². The van der Waals surface area contributed by atoms with Crippen molar-refractivity contribution in [3.63, 3.8) is 0 Å². The fourth-order valence-corrected chi connectivity index (χ4v) is 4.99. The Morgan fingerprint density at radius 1 is 0.975 bits per heavy atom. The van der Waals surface area contributed by atoms with E-state index in [1.54, 1.807) is 12.4 Å². The second kappa shape index (κ2) is 11.4. The lowest BCUT2D eigenvalue weighted by atomic mass is 10.0. The Morgan fingerprint density at radius 3 is 2.70 bits per heavy atom. The van der Waals surface area contributed by atoms with Gasteiger partial charge in [0.15, 0.2) is 12.4 Å². The fourth-order valence-electron chi connectivity index (χ4n) is 4.85. The van der Waals surface area contributed by atoms with Gasteiger partial charge in [-0.1, -0.05) is 11.6 Å². The van der Waals surface area contributed by atoms with Gasteiger partial charge in [0, 0.05) is 44.3 Å². The number of amides is 1. The fraction of sp³-hybridized carbons (Fsp3) is 0.276. The molecule has 6 rings (SSSR count). The molecule has 1 amide bonds. The first-order valence-corrected chi connectivity index (χ1v) is 13.6. The summed E-state index contributed by atoms with van der Waals surface area (Å²) in [6, 6.07) is 11.9.